The molecule has 1 saturated carbocycles. The third-order valence-electron chi connectivity index (χ3n) is 2.84. The molecule has 1 aliphatic rings. The average Bonchev–Trinajstić information content (AvgIpc) is 1.93. The minimum Gasteiger partial charge on any atom is -0.0533 e. The van der Waals surface area contributed by atoms with Crippen molar-refractivity contribution in [1.82, 2.24) is 0 Å². The topological polar surface area (TPSA) is 0 Å². The van der Waals surface area contributed by atoms with E-state index >= 15 is 0 Å². The van der Waals surface area contributed by atoms with Crippen molar-refractivity contribution in [2.24, 2.45) is 5.92 Å². The summed E-state index contributed by atoms with van der Waals surface area (Å²) in [6, 6.07) is 0. The summed E-state index contributed by atoms with van der Waals surface area (Å²) in [5, 5.41) is 0. The van der Waals surface area contributed by atoms with Gasteiger partial charge in [0.05, 0.1) is 0 Å². The molecule has 1 aliphatic carbocycles. The molecule has 0 aliphatic heterocycles. The quantitative estimate of drug-likeness (QED) is 0.507. The van der Waals surface area contributed by atoms with Crippen molar-refractivity contribution < 1.29 is 0 Å². The molecule has 0 aromatic carbocycles. The highest BCUT2D eigenvalue weighted by Crippen LogP contribution is 2.30. The van der Waals surface area contributed by atoms with Crippen LogP contribution < -0.4 is 0 Å². The summed E-state index contributed by atoms with van der Waals surface area (Å²) in [5.41, 5.74) is 0. The molecule has 65 valence electrons. The molecule has 1 rings (SSSR count). The van der Waals surface area contributed by atoms with Gasteiger partial charge >= 0.3 is 0 Å². The van der Waals surface area contributed by atoms with Crippen LogP contribution in [0.15, 0.2) is 0 Å². The lowest BCUT2D eigenvalue weighted by Crippen LogP contribution is -2.10. The fourth-order valence-electron chi connectivity index (χ4n) is 1.74. The van der Waals surface area contributed by atoms with Crippen LogP contribution in [0, 0.1) is 12.8 Å². The van der Waals surface area contributed by atoms with Crippen LogP contribution in [0.25, 0.3) is 0 Å². The Morgan fingerprint density at radius 1 is 1.00 bits per heavy atom. The van der Waals surface area contributed by atoms with E-state index in [1.807, 2.05) is 0 Å². The third kappa shape index (κ3) is 3.79. The van der Waals surface area contributed by atoms with Gasteiger partial charge in [-0.1, -0.05) is 64.7 Å². The molecule has 0 spiro atoms. The molecule has 1 fully saturated rings. The van der Waals surface area contributed by atoms with Crippen molar-refractivity contribution in [3.8, 4) is 0 Å². The van der Waals surface area contributed by atoms with Crippen molar-refractivity contribution in [3.63, 3.8) is 0 Å². The number of unbranched alkanes of at least 4 members (excludes halogenated alkanes) is 4. The third-order valence-corrected chi connectivity index (χ3v) is 2.84. The first-order valence-corrected chi connectivity index (χ1v) is 5.22. The molecule has 0 N–H and O–H groups in total. The number of hydrogen-bond donors (Lipinski definition) is 0. The van der Waals surface area contributed by atoms with Gasteiger partial charge in [-0.15, -0.1) is 0 Å². The normalized spacial score (nSPS) is 18.3. The molecular weight excluding hydrogens is 132 g/mol. The second-order valence-corrected chi connectivity index (χ2v) is 3.85. The largest absolute Gasteiger partial charge is 0.0533 e. The van der Waals surface area contributed by atoms with Crippen LogP contribution in [-0.4, -0.2) is 0 Å². The van der Waals surface area contributed by atoms with Crippen molar-refractivity contribution in [2.75, 3.05) is 0 Å². The molecule has 0 bridgehead atoms. The van der Waals surface area contributed by atoms with Crippen LogP contribution in [0.2, 0.25) is 0 Å². The Morgan fingerprint density at radius 3 is 2.27 bits per heavy atom. The van der Waals surface area contributed by atoms with Crippen LogP contribution in [0.1, 0.15) is 57.8 Å². The predicted molar refractivity (Wildman–Crippen MR) is 50.4 cm³/mol. The fourth-order valence-corrected chi connectivity index (χ4v) is 1.74. The van der Waals surface area contributed by atoms with Gasteiger partial charge in [0, 0.05) is 0 Å². The lowest BCUT2D eigenvalue weighted by atomic mass is 9.82. The molecule has 0 saturated heterocycles. The lowest BCUT2D eigenvalue weighted by Gasteiger charge is -2.24. The SMILES string of the molecule is [CH2]CCCCCCC1CCC1. The summed E-state index contributed by atoms with van der Waals surface area (Å²) in [5.74, 6) is 1.12. The molecule has 0 heteroatoms. The first kappa shape index (κ1) is 9.09. The lowest BCUT2D eigenvalue weighted by molar-refractivity contribution is 0.286. The second-order valence-electron chi connectivity index (χ2n) is 3.85. The maximum absolute atomic E-state index is 3.85. The zero-order valence-corrected chi connectivity index (χ0v) is 7.65. The van der Waals surface area contributed by atoms with Gasteiger partial charge in [-0.2, -0.15) is 0 Å². The van der Waals surface area contributed by atoms with E-state index in [2.05, 4.69) is 6.92 Å². The molecule has 0 unspecified atom stereocenters. The Kier molecular flexibility index (Phi) is 4.65. The van der Waals surface area contributed by atoms with Crippen molar-refractivity contribution in [2.45, 2.75) is 57.8 Å². The molecule has 0 aromatic heterocycles. The molecule has 0 nitrogen and oxygen atoms in total. The summed E-state index contributed by atoms with van der Waals surface area (Å²) in [4.78, 5) is 0. The highest BCUT2D eigenvalue weighted by atomic mass is 14.2. The first-order valence-electron chi connectivity index (χ1n) is 5.22. The van der Waals surface area contributed by atoms with Crippen LogP contribution in [0.4, 0.5) is 0 Å². The second kappa shape index (κ2) is 5.62. The predicted octanol–water partition coefficient (Wildman–Crippen LogP) is 3.96. The van der Waals surface area contributed by atoms with Gasteiger partial charge in [0.15, 0.2) is 0 Å². The monoisotopic (exact) mass is 153 g/mol. The van der Waals surface area contributed by atoms with Gasteiger partial charge in [-0.25, -0.2) is 0 Å². The van der Waals surface area contributed by atoms with Crippen LogP contribution >= 0.6 is 0 Å². The van der Waals surface area contributed by atoms with Crippen molar-refractivity contribution >= 4 is 0 Å². The zero-order valence-electron chi connectivity index (χ0n) is 7.65. The molecule has 0 aromatic rings. The standard InChI is InChI=1S/C11H21/c1-2-3-4-5-6-8-11-9-7-10-11/h11H,1-10H2. The maximum atomic E-state index is 3.85. The molecule has 0 atom stereocenters. The number of hydrogen-bond acceptors (Lipinski definition) is 0. The van der Waals surface area contributed by atoms with E-state index < -0.39 is 0 Å². The average molecular weight is 153 g/mol. The van der Waals surface area contributed by atoms with E-state index in [9.17, 15) is 0 Å². The van der Waals surface area contributed by atoms with Crippen molar-refractivity contribution in [3.05, 3.63) is 6.92 Å². The zero-order chi connectivity index (χ0) is 7.94. The summed E-state index contributed by atoms with van der Waals surface area (Å²) >= 11 is 0. The van der Waals surface area contributed by atoms with Gasteiger partial charge < -0.3 is 0 Å². The summed E-state index contributed by atoms with van der Waals surface area (Å²) < 4.78 is 0. The van der Waals surface area contributed by atoms with Gasteiger partial charge in [0.1, 0.15) is 0 Å². The highest BCUT2D eigenvalue weighted by Gasteiger charge is 2.15. The Hall–Kier alpha value is 0. The van der Waals surface area contributed by atoms with Gasteiger partial charge in [0.25, 0.3) is 0 Å². The Morgan fingerprint density at radius 2 is 1.73 bits per heavy atom. The maximum Gasteiger partial charge on any atom is -0.0414 e. The molecular formula is C11H21. The summed E-state index contributed by atoms with van der Waals surface area (Å²) in [6.45, 7) is 3.85. The molecule has 1 radical (unpaired) electrons. The first-order chi connectivity index (χ1) is 5.43. The van der Waals surface area contributed by atoms with Gasteiger partial charge in [-0.3, -0.25) is 0 Å². The van der Waals surface area contributed by atoms with E-state index in [0.717, 1.165) is 12.3 Å². The fraction of sp³-hybridized carbons (Fsp3) is 0.909. The van der Waals surface area contributed by atoms with E-state index in [4.69, 9.17) is 0 Å². The van der Waals surface area contributed by atoms with E-state index in [1.165, 1.54) is 51.4 Å². The van der Waals surface area contributed by atoms with Gasteiger partial charge in [0.2, 0.25) is 0 Å². The van der Waals surface area contributed by atoms with Crippen LogP contribution in [0.3, 0.4) is 0 Å². The van der Waals surface area contributed by atoms with E-state index in [0.29, 0.717) is 0 Å². The number of rotatable bonds is 6. The minimum absolute atomic E-state index is 1.12. The van der Waals surface area contributed by atoms with E-state index in [-0.39, 0.29) is 0 Å². The van der Waals surface area contributed by atoms with Crippen LogP contribution in [-0.2, 0) is 0 Å². The van der Waals surface area contributed by atoms with Crippen molar-refractivity contribution in [1.29, 1.82) is 0 Å². The van der Waals surface area contributed by atoms with Gasteiger partial charge in [-0.05, 0) is 5.92 Å². The van der Waals surface area contributed by atoms with E-state index in [1.54, 1.807) is 0 Å². The Labute approximate surface area is 71.4 Å². The van der Waals surface area contributed by atoms with Crippen LogP contribution in [0.5, 0.6) is 0 Å². The molecule has 11 heavy (non-hydrogen) atoms. The molecule has 0 amide bonds. The highest BCUT2D eigenvalue weighted by molar-refractivity contribution is 4.68. The Balaban J connectivity index is 1.73. The minimum atomic E-state index is 1.12. The smallest absolute Gasteiger partial charge is 0.0414 e. The summed E-state index contributed by atoms with van der Waals surface area (Å²) in [7, 11) is 0. The molecule has 0 heterocycles. The summed E-state index contributed by atoms with van der Waals surface area (Å²) in [6.07, 6.45) is 12.9. The Bertz CT molecular complexity index is 82.0.